The van der Waals surface area contributed by atoms with Gasteiger partial charge in [0.1, 0.15) is 5.69 Å². The Bertz CT molecular complexity index is 611. The third-order valence-electron chi connectivity index (χ3n) is 3.19. The van der Waals surface area contributed by atoms with Gasteiger partial charge in [-0.2, -0.15) is 5.10 Å². The van der Waals surface area contributed by atoms with Gasteiger partial charge < -0.3 is 15.6 Å². The number of aromatic nitrogens is 3. The molecule has 0 aliphatic rings. The summed E-state index contributed by atoms with van der Waals surface area (Å²) in [6.07, 6.45) is 2.57. The highest BCUT2D eigenvalue weighted by molar-refractivity contribution is 5.93. The first-order valence-corrected chi connectivity index (χ1v) is 6.68. The zero-order valence-corrected chi connectivity index (χ0v) is 12.2. The molecule has 0 spiro atoms. The quantitative estimate of drug-likeness (QED) is 0.806. The van der Waals surface area contributed by atoms with Crippen molar-refractivity contribution in [1.82, 2.24) is 19.7 Å². The van der Waals surface area contributed by atoms with Crippen LogP contribution >= 0.6 is 0 Å². The standard InChI is InChI=1S/C14H21N5O/c1-10-7-11(2)19(17-10)6-4-5-16-14(20)13-8-12(15)9-18(13)3/h7-9H,4-6,15H2,1-3H3,(H,16,20). The molecular formula is C14H21N5O. The van der Waals surface area contributed by atoms with E-state index in [-0.39, 0.29) is 5.91 Å². The summed E-state index contributed by atoms with van der Waals surface area (Å²) in [6.45, 7) is 5.42. The fraction of sp³-hybridized carbons (Fsp3) is 0.429. The lowest BCUT2D eigenvalue weighted by molar-refractivity contribution is 0.0944. The van der Waals surface area contributed by atoms with Gasteiger partial charge in [0, 0.05) is 32.0 Å². The maximum atomic E-state index is 12.0. The highest BCUT2D eigenvalue weighted by Gasteiger charge is 2.10. The van der Waals surface area contributed by atoms with Gasteiger partial charge in [0.25, 0.3) is 5.91 Å². The van der Waals surface area contributed by atoms with Crippen molar-refractivity contribution in [1.29, 1.82) is 0 Å². The maximum Gasteiger partial charge on any atom is 0.267 e. The summed E-state index contributed by atoms with van der Waals surface area (Å²) in [7, 11) is 1.81. The van der Waals surface area contributed by atoms with Crippen molar-refractivity contribution in [2.24, 2.45) is 7.05 Å². The Morgan fingerprint density at radius 1 is 1.40 bits per heavy atom. The van der Waals surface area contributed by atoms with Crippen LogP contribution < -0.4 is 11.1 Å². The van der Waals surface area contributed by atoms with E-state index < -0.39 is 0 Å². The number of amides is 1. The molecule has 2 aromatic rings. The smallest absolute Gasteiger partial charge is 0.267 e. The van der Waals surface area contributed by atoms with E-state index in [1.54, 1.807) is 23.9 Å². The van der Waals surface area contributed by atoms with E-state index in [1.165, 1.54) is 0 Å². The molecule has 0 unspecified atom stereocenters. The first-order valence-electron chi connectivity index (χ1n) is 6.68. The van der Waals surface area contributed by atoms with Gasteiger partial charge in [-0.05, 0) is 32.4 Å². The third-order valence-corrected chi connectivity index (χ3v) is 3.19. The lowest BCUT2D eigenvalue weighted by Gasteiger charge is -2.07. The number of hydrogen-bond acceptors (Lipinski definition) is 3. The van der Waals surface area contributed by atoms with Gasteiger partial charge in [-0.25, -0.2) is 0 Å². The van der Waals surface area contributed by atoms with Crippen LogP contribution in [0.25, 0.3) is 0 Å². The summed E-state index contributed by atoms with van der Waals surface area (Å²) in [5.41, 5.74) is 8.99. The molecule has 0 aromatic carbocycles. The highest BCUT2D eigenvalue weighted by atomic mass is 16.1. The van der Waals surface area contributed by atoms with Crippen LogP contribution in [0, 0.1) is 13.8 Å². The molecule has 20 heavy (non-hydrogen) atoms. The zero-order valence-electron chi connectivity index (χ0n) is 12.2. The van der Waals surface area contributed by atoms with Crippen LogP contribution in [0.1, 0.15) is 28.3 Å². The van der Waals surface area contributed by atoms with Crippen LogP contribution in [0.5, 0.6) is 0 Å². The monoisotopic (exact) mass is 275 g/mol. The minimum absolute atomic E-state index is 0.0995. The van der Waals surface area contributed by atoms with Crippen molar-refractivity contribution in [2.45, 2.75) is 26.8 Å². The highest BCUT2D eigenvalue weighted by Crippen LogP contribution is 2.08. The number of anilines is 1. The molecule has 2 heterocycles. The van der Waals surface area contributed by atoms with Gasteiger partial charge in [0.2, 0.25) is 0 Å². The Balaban J connectivity index is 1.80. The number of aryl methyl sites for hydroxylation is 4. The fourth-order valence-electron chi connectivity index (χ4n) is 2.24. The molecule has 0 atom stereocenters. The van der Waals surface area contributed by atoms with E-state index in [9.17, 15) is 4.79 Å². The van der Waals surface area contributed by atoms with Crippen molar-refractivity contribution in [3.63, 3.8) is 0 Å². The van der Waals surface area contributed by atoms with E-state index >= 15 is 0 Å². The minimum atomic E-state index is -0.0995. The van der Waals surface area contributed by atoms with Crippen molar-refractivity contribution in [3.8, 4) is 0 Å². The molecule has 0 saturated carbocycles. The number of nitrogen functional groups attached to an aromatic ring is 1. The topological polar surface area (TPSA) is 77.9 Å². The van der Waals surface area contributed by atoms with Gasteiger partial charge in [-0.3, -0.25) is 9.48 Å². The Hall–Kier alpha value is -2.24. The Morgan fingerprint density at radius 3 is 2.70 bits per heavy atom. The number of rotatable bonds is 5. The molecule has 108 valence electrons. The molecule has 0 fully saturated rings. The van der Waals surface area contributed by atoms with Crippen LogP contribution in [0.3, 0.4) is 0 Å². The molecule has 3 N–H and O–H groups in total. The molecular weight excluding hydrogens is 254 g/mol. The normalized spacial score (nSPS) is 10.8. The van der Waals surface area contributed by atoms with E-state index in [1.807, 2.05) is 24.6 Å². The van der Waals surface area contributed by atoms with Gasteiger partial charge in [-0.1, -0.05) is 0 Å². The minimum Gasteiger partial charge on any atom is -0.397 e. The number of hydrogen-bond donors (Lipinski definition) is 2. The summed E-state index contributed by atoms with van der Waals surface area (Å²) in [6, 6.07) is 3.72. The summed E-state index contributed by atoms with van der Waals surface area (Å²) in [4.78, 5) is 12.0. The first-order chi connectivity index (χ1) is 9.47. The van der Waals surface area contributed by atoms with E-state index in [2.05, 4.69) is 10.4 Å². The molecule has 2 aromatic heterocycles. The maximum absolute atomic E-state index is 12.0. The summed E-state index contributed by atoms with van der Waals surface area (Å²) in [5.74, 6) is -0.0995. The van der Waals surface area contributed by atoms with Crippen LogP contribution in [0.15, 0.2) is 18.3 Å². The van der Waals surface area contributed by atoms with Crippen molar-refractivity contribution in [2.75, 3.05) is 12.3 Å². The third kappa shape index (κ3) is 3.20. The molecule has 0 bridgehead atoms. The summed E-state index contributed by atoms with van der Waals surface area (Å²) < 4.78 is 3.69. The molecule has 2 rings (SSSR count). The predicted octanol–water partition coefficient (Wildman–Crippen LogP) is 1.24. The Morgan fingerprint density at radius 2 is 2.15 bits per heavy atom. The van der Waals surface area contributed by atoms with Crippen LogP contribution in [-0.2, 0) is 13.6 Å². The van der Waals surface area contributed by atoms with E-state index in [0.29, 0.717) is 17.9 Å². The molecule has 1 amide bonds. The van der Waals surface area contributed by atoms with Crippen molar-refractivity contribution in [3.05, 3.63) is 35.4 Å². The van der Waals surface area contributed by atoms with Crippen molar-refractivity contribution < 1.29 is 4.79 Å². The number of carbonyl (C=O) groups excluding carboxylic acids is 1. The van der Waals surface area contributed by atoms with Gasteiger partial charge in [0.15, 0.2) is 0 Å². The number of carbonyl (C=O) groups is 1. The molecule has 0 aliphatic heterocycles. The first kappa shape index (κ1) is 14.2. The zero-order chi connectivity index (χ0) is 14.7. The molecule has 0 aliphatic carbocycles. The molecule has 0 radical (unpaired) electrons. The van der Waals surface area contributed by atoms with E-state index in [4.69, 9.17) is 5.73 Å². The average molecular weight is 275 g/mol. The van der Waals surface area contributed by atoms with Crippen LogP contribution in [-0.4, -0.2) is 26.8 Å². The van der Waals surface area contributed by atoms with E-state index in [0.717, 1.165) is 24.4 Å². The van der Waals surface area contributed by atoms with Gasteiger partial charge in [0.05, 0.1) is 11.4 Å². The van der Waals surface area contributed by atoms with Crippen LogP contribution in [0.2, 0.25) is 0 Å². The molecule has 6 nitrogen and oxygen atoms in total. The average Bonchev–Trinajstić information content (AvgIpc) is 2.87. The number of nitrogens with one attached hydrogen (secondary N) is 1. The van der Waals surface area contributed by atoms with Gasteiger partial charge in [-0.15, -0.1) is 0 Å². The number of nitrogens with zero attached hydrogens (tertiary/aromatic N) is 3. The lowest BCUT2D eigenvalue weighted by Crippen LogP contribution is -2.27. The Labute approximate surface area is 118 Å². The molecule has 6 heteroatoms. The largest absolute Gasteiger partial charge is 0.397 e. The summed E-state index contributed by atoms with van der Waals surface area (Å²) in [5, 5.41) is 7.28. The fourth-order valence-corrected chi connectivity index (χ4v) is 2.24. The molecule has 0 saturated heterocycles. The predicted molar refractivity (Wildman–Crippen MR) is 78.5 cm³/mol. The second-order valence-electron chi connectivity index (χ2n) is 5.03. The SMILES string of the molecule is Cc1cc(C)n(CCCNC(=O)c2cc(N)cn2C)n1. The number of nitrogens with two attached hydrogens (primary N) is 1. The lowest BCUT2D eigenvalue weighted by atomic mass is 10.3. The Kier molecular flexibility index (Phi) is 4.12. The van der Waals surface area contributed by atoms with Crippen molar-refractivity contribution >= 4 is 11.6 Å². The van der Waals surface area contributed by atoms with Crippen LogP contribution in [0.4, 0.5) is 5.69 Å². The summed E-state index contributed by atoms with van der Waals surface area (Å²) >= 11 is 0. The second kappa shape index (κ2) is 5.81. The van der Waals surface area contributed by atoms with Gasteiger partial charge >= 0.3 is 0 Å². The second-order valence-corrected chi connectivity index (χ2v) is 5.03.